The number of hydrogen-bond donors (Lipinski definition) is 2. The molecule has 9 heteroatoms. The number of carbonyl (C=O) groups is 1. The SMILES string of the molecule is CC(C)OCCS(=O)(=O)NCC(=O)N1CCNCC1c1cccc(F)c1. The number of amides is 1. The predicted octanol–water partition coefficient (Wildman–Crippen LogP) is 0.643. The van der Waals surface area contributed by atoms with E-state index in [4.69, 9.17) is 4.74 Å². The minimum Gasteiger partial charge on any atom is -0.378 e. The van der Waals surface area contributed by atoms with Gasteiger partial charge in [0, 0.05) is 19.6 Å². The van der Waals surface area contributed by atoms with Crippen LogP contribution in [0.4, 0.5) is 4.39 Å². The number of carbonyl (C=O) groups excluding carboxylic acids is 1. The molecule has 1 aromatic rings. The quantitative estimate of drug-likeness (QED) is 0.684. The minimum atomic E-state index is -3.60. The second kappa shape index (κ2) is 9.40. The van der Waals surface area contributed by atoms with E-state index in [2.05, 4.69) is 10.0 Å². The van der Waals surface area contributed by atoms with Crippen LogP contribution < -0.4 is 10.0 Å². The number of nitrogens with zero attached hydrogens (tertiary/aromatic N) is 1. The van der Waals surface area contributed by atoms with Gasteiger partial charge < -0.3 is 15.0 Å². The smallest absolute Gasteiger partial charge is 0.238 e. The molecule has 1 aromatic carbocycles. The highest BCUT2D eigenvalue weighted by molar-refractivity contribution is 7.89. The van der Waals surface area contributed by atoms with Gasteiger partial charge in [0.1, 0.15) is 5.82 Å². The van der Waals surface area contributed by atoms with Crippen molar-refractivity contribution < 1.29 is 22.3 Å². The summed E-state index contributed by atoms with van der Waals surface area (Å²) in [6.45, 7) is 4.91. The number of sulfonamides is 1. The van der Waals surface area contributed by atoms with Crippen molar-refractivity contribution in [1.82, 2.24) is 14.9 Å². The third kappa shape index (κ3) is 6.31. The number of nitrogens with one attached hydrogen (secondary N) is 2. The molecule has 1 amide bonds. The summed E-state index contributed by atoms with van der Waals surface area (Å²) in [6, 6.07) is 5.76. The van der Waals surface area contributed by atoms with Crippen LogP contribution in [0, 0.1) is 5.82 Å². The molecule has 2 N–H and O–H groups in total. The van der Waals surface area contributed by atoms with Gasteiger partial charge in [0.2, 0.25) is 15.9 Å². The minimum absolute atomic E-state index is 0.0558. The van der Waals surface area contributed by atoms with Gasteiger partial charge in [0.15, 0.2) is 0 Å². The molecule has 0 spiro atoms. The van der Waals surface area contributed by atoms with E-state index in [0.717, 1.165) is 0 Å². The third-order valence-corrected chi connectivity index (χ3v) is 5.33. The van der Waals surface area contributed by atoms with Crippen LogP contribution >= 0.6 is 0 Å². The largest absolute Gasteiger partial charge is 0.378 e. The molecule has 146 valence electrons. The van der Waals surface area contributed by atoms with Crippen molar-refractivity contribution in [1.29, 1.82) is 0 Å². The van der Waals surface area contributed by atoms with Gasteiger partial charge in [-0.3, -0.25) is 4.79 Å². The second-order valence-corrected chi connectivity index (χ2v) is 8.35. The number of benzene rings is 1. The van der Waals surface area contributed by atoms with Gasteiger partial charge in [0.05, 0.1) is 31.1 Å². The summed E-state index contributed by atoms with van der Waals surface area (Å²) in [7, 11) is -3.60. The van der Waals surface area contributed by atoms with E-state index in [9.17, 15) is 17.6 Å². The summed E-state index contributed by atoms with van der Waals surface area (Å²) in [6.07, 6.45) is -0.0558. The third-order valence-electron chi connectivity index (χ3n) is 4.04. The molecule has 1 aliphatic rings. The Labute approximate surface area is 154 Å². The first kappa shape index (κ1) is 20.8. The van der Waals surface area contributed by atoms with Gasteiger partial charge in [-0.2, -0.15) is 0 Å². The molecule has 0 bridgehead atoms. The van der Waals surface area contributed by atoms with Crippen LogP contribution in [0.1, 0.15) is 25.5 Å². The Morgan fingerprint density at radius 1 is 1.46 bits per heavy atom. The molecule has 2 rings (SSSR count). The molecule has 1 atom stereocenters. The highest BCUT2D eigenvalue weighted by Crippen LogP contribution is 2.22. The lowest BCUT2D eigenvalue weighted by Crippen LogP contribution is -2.51. The van der Waals surface area contributed by atoms with Gasteiger partial charge in [-0.15, -0.1) is 0 Å². The Morgan fingerprint density at radius 3 is 2.92 bits per heavy atom. The molecular formula is C17H26FN3O4S. The van der Waals surface area contributed by atoms with E-state index in [1.807, 2.05) is 13.8 Å². The number of ether oxygens (including phenoxy) is 1. The molecule has 0 saturated carbocycles. The first-order chi connectivity index (χ1) is 12.3. The summed E-state index contributed by atoms with van der Waals surface area (Å²) in [5.41, 5.74) is 0.679. The van der Waals surface area contributed by atoms with Crippen LogP contribution in [0.2, 0.25) is 0 Å². The van der Waals surface area contributed by atoms with Gasteiger partial charge in [-0.25, -0.2) is 17.5 Å². The van der Waals surface area contributed by atoms with Crippen molar-refractivity contribution in [3.63, 3.8) is 0 Å². The Morgan fingerprint density at radius 2 is 2.23 bits per heavy atom. The Bertz CT molecular complexity index is 712. The van der Waals surface area contributed by atoms with E-state index >= 15 is 0 Å². The Hall–Kier alpha value is -1.55. The Kier molecular flexibility index (Phi) is 7.51. The number of rotatable bonds is 8. The van der Waals surface area contributed by atoms with Crippen LogP contribution in [0.15, 0.2) is 24.3 Å². The molecular weight excluding hydrogens is 361 g/mol. The monoisotopic (exact) mass is 387 g/mol. The van der Waals surface area contributed by atoms with Crippen LogP contribution in [-0.4, -0.2) is 63.9 Å². The average molecular weight is 387 g/mol. The van der Waals surface area contributed by atoms with Crippen molar-refractivity contribution in [2.24, 2.45) is 0 Å². The van der Waals surface area contributed by atoms with E-state index in [1.54, 1.807) is 17.0 Å². The highest BCUT2D eigenvalue weighted by Gasteiger charge is 2.28. The zero-order valence-electron chi connectivity index (χ0n) is 15.1. The fourth-order valence-corrected chi connectivity index (χ4v) is 3.56. The first-order valence-electron chi connectivity index (χ1n) is 8.63. The molecule has 7 nitrogen and oxygen atoms in total. The fraction of sp³-hybridized carbons (Fsp3) is 0.588. The maximum atomic E-state index is 13.5. The standard InChI is InChI=1S/C17H26FN3O4S/c1-13(2)25-8-9-26(23,24)20-12-17(22)21-7-6-19-11-16(21)14-4-3-5-15(18)10-14/h3-5,10,13,16,19-20H,6-9,11-12H2,1-2H3. The lowest BCUT2D eigenvalue weighted by atomic mass is 10.0. The zero-order valence-corrected chi connectivity index (χ0v) is 15.9. The van der Waals surface area contributed by atoms with Crippen molar-refractivity contribution in [2.45, 2.75) is 26.0 Å². The molecule has 1 heterocycles. The van der Waals surface area contributed by atoms with E-state index in [-0.39, 0.29) is 42.8 Å². The first-order valence-corrected chi connectivity index (χ1v) is 10.3. The summed E-state index contributed by atoms with van der Waals surface area (Å²) >= 11 is 0. The van der Waals surface area contributed by atoms with Crippen LogP contribution in [0.25, 0.3) is 0 Å². The lowest BCUT2D eigenvalue weighted by molar-refractivity contribution is -0.133. The normalized spacial score (nSPS) is 18.3. The molecule has 1 saturated heterocycles. The Balaban J connectivity index is 1.96. The molecule has 1 unspecified atom stereocenters. The molecule has 1 fully saturated rings. The molecule has 0 aromatic heterocycles. The predicted molar refractivity (Wildman–Crippen MR) is 96.6 cm³/mol. The van der Waals surface area contributed by atoms with Crippen molar-refractivity contribution in [3.8, 4) is 0 Å². The summed E-state index contributed by atoms with van der Waals surface area (Å²) in [4.78, 5) is 14.1. The molecule has 0 radical (unpaired) electrons. The van der Waals surface area contributed by atoms with Crippen LogP contribution in [-0.2, 0) is 19.6 Å². The molecule has 0 aliphatic carbocycles. The number of hydrogen-bond acceptors (Lipinski definition) is 5. The second-order valence-electron chi connectivity index (χ2n) is 6.42. The summed E-state index contributed by atoms with van der Waals surface area (Å²) < 4.78 is 45.0. The maximum absolute atomic E-state index is 13.5. The highest BCUT2D eigenvalue weighted by atomic mass is 32.2. The van der Waals surface area contributed by atoms with Crippen LogP contribution in [0.5, 0.6) is 0 Å². The lowest BCUT2D eigenvalue weighted by Gasteiger charge is -2.36. The molecule has 1 aliphatic heterocycles. The van der Waals surface area contributed by atoms with Crippen molar-refractivity contribution in [2.75, 3.05) is 38.5 Å². The van der Waals surface area contributed by atoms with E-state index < -0.39 is 10.0 Å². The summed E-state index contributed by atoms with van der Waals surface area (Å²) in [5.74, 6) is -0.909. The topological polar surface area (TPSA) is 87.7 Å². The van der Waals surface area contributed by atoms with Crippen LogP contribution in [0.3, 0.4) is 0 Å². The van der Waals surface area contributed by atoms with Gasteiger partial charge in [-0.1, -0.05) is 12.1 Å². The maximum Gasteiger partial charge on any atom is 0.238 e. The zero-order chi connectivity index (χ0) is 19.2. The van der Waals surface area contributed by atoms with E-state index in [1.165, 1.54) is 12.1 Å². The fourth-order valence-electron chi connectivity index (χ4n) is 2.75. The van der Waals surface area contributed by atoms with Gasteiger partial charge >= 0.3 is 0 Å². The molecule has 26 heavy (non-hydrogen) atoms. The van der Waals surface area contributed by atoms with Crippen molar-refractivity contribution >= 4 is 15.9 Å². The summed E-state index contributed by atoms with van der Waals surface area (Å²) in [5, 5.41) is 3.18. The van der Waals surface area contributed by atoms with Gasteiger partial charge in [0.25, 0.3) is 0 Å². The van der Waals surface area contributed by atoms with E-state index in [0.29, 0.717) is 25.2 Å². The van der Waals surface area contributed by atoms with Crippen molar-refractivity contribution in [3.05, 3.63) is 35.6 Å². The average Bonchev–Trinajstić information content (AvgIpc) is 2.59. The number of piperazine rings is 1. The number of halogens is 1. The van der Waals surface area contributed by atoms with Gasteiger partial charge in [-0.05, 0) is 31.5 Å².